The van der Waals surface area contributed by atoms with E-state index >= 15 is 0 Å². The van der Waals surface area contributed by atoms with Gasteiger partial charge in [0.2, 0.25) is 0 Å². The number of aromatic nitrogens is 3. The summed E-state index contributed by atoms with van der Waals surface area (Å²) in [6.07, 6.45) is -0.217. The van der Waals surface area contributed by atoms with Crippen molar-refractivity contribution in [2.45, 2.75) is 32.9 Å². The van der Waals surface area contributed by atoms with Crippen LogP contribution < -0.4 is 11.4 Å². The molecule has 0 radical (unpaired) electrons. The van der Waals surface area contributed by atoms with Crippen LogP contribution in [0.3, 0.4) is 0 Å². The van der Waals surface area contributed by atoms with Crippen molar-refractivity contribution >= 4 is 44.3 Å². The second-order valence-corrected chi connectivity index (χ2v) is 9.40. The third-order valence-electron chi connectivity index (χ3n) is 6.15. The van der Waals surface area contributed by atoms with Gasteiger partial charge in [-0.3, -0.25) is 13.9 Å². The van der Waals surface area contributed by atoms with E-state index in [1.807, 2.05) is 30.3 Å². The molecule has 0 aliphatic heterocycles. The number of carbonyl (C=O) groups is 1. The van der Waals surface area contributed by atoms with Crippen LogP contribution in [0.5, 0.6) is 0 Å². The van der Waals surface area contributed by atoms with Crippen LogP contribution in [0.25, 0.3) is 21.1 Å². The van der Waals surface area contributed by atoms with Gasteiger partial charge in [-0.1, -0.05) is 36.4 Å². The molecule has 0 unspecified atom stereocenters. The Morgan fingerprint density at radius 2 is 1.85 bits per heavy atom. The first-order valence-electron chi connectivity index (χ1n) is 11.0. The lowest BCUT2D eigenvalue weighted by atomic mass is 10.0. The molecule has 5 rings (SSSR count). The molecule has 0 aliphatic rings. The summed E-state index contributed by atoms with van der Waals surface area (Å²) in [7, 11) is 0. The number of carboxylic acid groups (broad SMARTS) is 1. The molecular weight excluding hydrogens is 448 g/mol. The van der Waals surface area contributed by atoms with E-state index in [9.17, 15) is 14.7 Å². The topological polar surface area (TPSA) is 103 Å². The Morgan fingerprint density at radius 3 is 2.59 bits per heavy atom. The average molecular weight is 473 g/mol. The van der Waals surface area contributed by atoms with Crippen molar-refractivity contribution in [3.63, 3.8) is 0 Å². The number of rotatable bonds is 6. The quantitative estimate of drug-likeness (QED) is 0.348. The Kier molecular flexibility index (Phi) is 5.45. The minimum Gasteiger partial charge on any atom is -0.481 e. The number of nitrogen functional groups attached to an aromatic ring is 1. The summed E-state index contributed by atoms with van der Waals surface area (Å²) in [6, 6.07) is 18.1. The monoisotopic (exact) mass is 472 g/mol. The number of carboxylic acids is 1. The number of hydrogen-bond acceptors (Lipinski definition) is 5. The van der Waals surface area contributed by atoms with Gasteiger partial charge in [0.1, 0.15) is 0 Å². The number of anilines is 1. The molecule has 3 aromatic carbocycles. The summed E-state index contributed by atoms with van der Waals surface area (Å²) >= 11 is 1.42. The van der Waals surface area contributed by atoms with E-state index in [4.69, 9.17) is 5.73 Å². The van der Waals surface area contributed by atoms with Crippen molar-refractivity contribution in [1.82, 2.24) is 13.5 Å². The Hall–Kier alpha value is -3.91. The van der Waals surface area contributed by atoms with Crippen molar-refractivity contribution in [3.05, 3.63) is 93.5 Å². The predicted octanol–water partition coefficient (Wildman–Crippen LogP) is 4.72. The summed E-state index contributed by atoms with van der Waals surface area (Å²) in [5.41, 5.74) is 11.5. The van der Waals surface area contributed by atoms with Gasteiger partial charge in [-0.25, -0.2) is 4.79 Å². The Balaban J connectivity index is 1.73. The minimum atomic E-state index is -0.978. The fraction of sp³-hybridized carbons (Fsp3) is 0.192. The molecule has 8 heteroatoms. The van der Waals surface area contributed by atoms with Crippen LogP contribution in [-0.2, 0) is 11.3 Å². The zero-order chi connectivity index (χ0) is 24.0. The molecule has 0 saturated heterocycles. The third-order valence-corrected chi connectivity index (χ3v) is 6.98. The highest BCUT2D eigenvalue weighted by Gasteiger charge is 2.25. The van der Waals surface area contributed by atoms with Gasteiger partial charge in [0, 0.05) is 11.1 Å². The van der Waals surface area contributed by atoms with Crippen molar-refractivity contribution in [1.29, 1.82) is 0 Å². The van der Waals surface area contributed by atoms with Crippen LogP contribution in [0.2, 0.25) is 0 Å². The SMILES string of the molecule is Cc1cc(C)c2c(Cn3c(=O)n([C@H](CC(=O)O)c4ccccc4)c4ccc(N)cc43)nsc2c1. The second-order valence-electron chi connectivity index (χ2n) is 8.60. The number of benzene rings is 3. The molecule has 1 atom stereocenters. The number of nitrogens with zero attached hydrogens (tertiary/aromatic N) is 3. The number of imidazole rings is 1. The molecule has 0 bridgehead atoms. The highest BCUT2D eigenvalue weighted by atomic mass is 32.1. The van der Waals surface area contributed by atoms with Gasteiger partial charge >= 0.3 is 11.7 Å². The fourth-order valence-electron chi connectivity index (χ4n) is 4.73. The van der Waals surface area contributed by atoms with Gasteiger partial charge in [0.15, 0.2) is 0 Å². The van der Waals surface area contributed by atoms with Crippen LogP contribution in [0.15, 0.2) is 65.5 Å². The average Bonchev–Trinajstić information content (AvgIpc) is 3.31. The summed E-state index contributed by atoms with van der Waals surface area (Å²) in [5.74, 6) is -0.978. The van der Waals surface area contributed by atoms with Crippen LogP contribution in [0.4, 0.5) is 5.69 Å². The number of aryl methyl sites for hydroxylation is 2. The molecule has 2 aromatic heterocycles. The van der Waals surface area contributed by atoms with E-state index in [0.717, 1.165) is 26.9 Å². The third kappa shape index (κ3) is 3.76. The maximum absolute atomic E-state index is 13.9. The van der Waals surface area contributed by atoms with Crippen LogP contribution >= 0.6 is 11.5 Å². The van der Waals surface area contributed by atoms with E-state index in [2.05, 4.69) is 30.4 Å². The van der Waals surface area contributed by atoms with Gasteiger partial charge in [0.05, 0.1) is 40.4 Å². The van der Waals surface area contributed by atoms with Gasteiger partial charge in [-0.2, -0.15) is 4.37 Å². The highest BCUT2D eigenvalue weighted by molar-refractivity contribution is 7.13. The van der Waals surface area contributed by atoms with Gasteiger partial charge in [0.25, 0.3) is 0 Å². The zero-order valence-corrected chi connectivity index (χ0v) is 19.7. The van der Waals surface area contributed by atoms with E-state index in [-0.39, 0.29) is 18.7 Å². The standard InChI is InChI=1S/C26H24N4O3S/c1-15-10-16(2)25-19(28-34-23(25)11-15)14-29-22-12-18(27)8-9-20(22)30(26(29)33)21(13-24(31)32)17-6-4-3-5-7-17/h3-12,21H,13-14,27H2,1-2H3,(H,31,32)/t21-/m1/s1. The first-order valence-corrected chi connectivity index (χ1v) is 11.7. The molecule has 7 nitrogen and oxygen atoms in total. The van der Waals surface area contributed by atoms with E-state index in [1.54, 1.807) is 27.3 Å². The molecule has 0 fully saturated rings. The van der Waals surface area contributed by atoms with Gasteiger partial charge < -0.3 is 10.8 Å². The first kappa shape index (κ1) is 21.9. The normalized spacial score (nSPS) is 12.4. The summed E-state index contributed by atoms with van der Waals surface area (Å²) in [6.45, 7) is 4.37. The molecule has 0 amide bonds. The van der Waals surface area contributed by atoms with Crippen molar-refractivity contribution in [2.75, 3.05) is 5.73 Å². The molecule has 0 saturated carbocycles. The van der Waals surface area contributed by atoms with E-state index < -0.39 is 12.0 Å². The van der Waals surface area contributed by atoms with Crippen molar-refractivity contribution < 1.29 is 9.90 Å². The zero-order valence-electron chi connectivity index (χ0n) is 18.9. The maximum atomic E-state index is 13.9. The fourth-order valence-corrected chi connectivity index (χ4v) is 5.69. The molecule has 3 N–H and O–H groups in total. The van der Waals surface area contributed by atoms with E-state index in [1.165, 1.54) is 17.1 Å². The molecule has 2 heterocycles. The first-order chi connectivity index (χ1) is 16.3. The smallest absolute Gasteiger partial charge is 0.330 e. The van der Waals surface area contributed by atoms with Crippen LogP contribution in [0, 0.1) is 13.8 Å². The molecule has 0 spiro atoms. The summed E-state index contributed by atoms with van der Waals surface area (Å²) < 4.78 is 8.97. The number of fused-ring (bicyclic) bond motifs is 2. The van der Waals surface area contributed by atoms with Gasteiger partial charge in [-0.05, 0) is 66.3 Å². The molecule has 34 heavy (non-hydrogen) atoms. The lowest BCUT2D eigenvalue weighted by molar-refractivity contribution is -0.137. The second kappa shape index (κ2) is 8.46. The Morgan fingerprint density at radius 1 is 1.09 bits per heavy atom. The number of aliphatic carboxylic acids is 1. The lowest BCUT2D eigenvalue weighted by Gasteiger charge is -2.17. The molecular formula is C26H24N4O3S. The highest BCUT2D eigenvalue weighted by Crippen LogP contribution is 2.30. The number of nitrogens with two attached hydrogens (primary N) is 1. The Labute approximate surface area is 199 Å². The van der Waals surface area contributed by atoms with E-state index in [0.29, 0.717) is 16.7 Å². The Bertz CT molecular complexity index is 1600. The molecule has 5 aromatic rings. The van der Waals surface area contributed by atoms with Gasteiger partial charge in [-0.15, -0.1) is 0 Å². The maximum Gasteiger partial charge on any atom is 0.330 e. The largest absolute Gasteiger partial charge is 0.481 e. The minimum absolute atomic E-state index is 0.217. The molecule has 172 valence electrons. The summed E-state index contributed by atoms with van der Waals surface area (Å²) in [4.78, 5) is 25.6. The van der Waals surface area contributed by atoms with Crippen LogP contribution in [-0.4, -0.2) is 24.6 Å². The number of hydrogen-bond donors (Lipinski definition) is 2. The lowest BCUT2D eigenvalue weighted by Crippen LogP contribution is -2.29. The van der Waals surface area contributed by atoms with Crippen LogP contribution in [0.1, 0.15) is 34.8 Å². The van der Waals surface area contributed by atoms with Crippen molar-refractivity contribution in [2.24, 2.45) is 0 Å². The summed E-state index contributed by atoms with van der Waals surface area (Å²) in [5, 5.41) is 10.7. The predicted molar refractivity (Wildman–Crippen MR) is 136 cm³/mol. The molecule has 0 aliphatic carbocycles. The van der Waals surface area contributed by atoms with Crippen molar-refractivity contribution in [3.8, 4) is 0 Å².